The number of rotatable bonds is 4. The minimum Gasteiger partial charge on any atom is -0.467 e. The molecule has 2 aromatic carbocycles. The highest BCUT2D eigenvalue weighted by Gasteiger charge is 2.10. The van der Waals surface area contributed by atoms with Gasteiger partial charge < -0.3 is 10.1 Å². The quantitative estimate of drug-likeness (QED) is 0.803. The Bertz CT molecular complexity index is 862. The summed E-state index contributed by atoms with van der Waals surface area (Å²) in [7, 11) is 0. The van der Waals surface area contributed by atoms with Crippen molar-refractivity contribution in [2.75, 3.05) is 11.9 Å². The van der Waals surface area contributed by atoms with E-state index in [-0.39, 0.29) is 12.5 Å². The molecule has 0 aliphatic heterocycles. The van der Waals surface area contributed by atoms with Crippen LogP contribution in [0.2, 0.25) is 0 Å². The second kappa shape index (κ2) is 6.44. The molecule has 0 aliphatic rings. The molecule has 116 valence electrons. The van der Waals surface area contributed by atoms with Crippen LogP contribution in [0.15, 0.2) is 48.5 Å². The number of aromatic nitrogens is 2. The van der Waals surface area contributed by atoms with E-state index in [0.29, 0.717) is 11.7 Å². The average Bonchev–Trinajstić information content (AvgIpc) is 2.54. The number of fused-ring (bicyclic) bond motifs is 1. The predicted molar refractivity (Wildman–Crippen MR) is 89.6 cm³/mol. The van der Waals surface area contributed by atoms with Gasteiger partial charge in [-0.05, 0) is 37.6 Å². The molecule has 1 aromatic heterocycles. The van der Waals surface area contributed by atoms with Crippen molar-refractivity contribution in [3.05, 3.63) is 59.9 Å². The first-order valence-corrected chi connectivity index (χ1v) is 7.35. The number of hydrogen-bond donors (Lipinski definition) is 1. The minimum absolute atomic E-state index is 0.102. The molecule has 0 unspecified atom stereocenters. The summed E-state index contributed by atoms with van der Waals surface area (Å²) < 4.78 is 5.61. The van der Waals surface area contributed by atoms with Gasteiger partial charge in [-0.2, -0.15) is 4.98 Å². The number of nitrogens with zero attached hydrogens (tertiary/aromatic N) is 2. The van der Waals surface area contributed by atoms with Gasteiger partial charge in [0.1, 0.15) is 5.82 Å². The molecule has 0 bridgehead atoms. The maximum Gasteiger partial charge on any atom is 0.262 e. The van der Waals surface area contributed by atoms with Crippen LogP contribution >= 0.6 is 0 Å². The lowest BCUT2D eigenvalue weighted by atomic mass is 10.2. The van der Waals surface area contributed by atoms with Gasteiger partial charge in [-0.25, -0.2) is 4.98 Å². The van der Waals surface area contributed by atoms with Gasteiger partial charge in [0.05, 0.1) is 10.9 Å². The van der Waals surface area contributed by atoms with Crippen molar-refractivity contribution in [3.8, 4) is 5.88 Å². The Morgan fingerprint density at radius 3 is 2.61 bits per heavy atom. The zero-order valence-corrected chi connectivity index (χ0v) is 13.0. The van der Waals surface area contributed by atoms with Gasteiger partial charge in [0, 0.05) is 5.69 Å². The third kappa shape index (κ3) is 3.45. The molecule has 0 spiro atoms. The number of aryl methyl sites for hydroxylation is 2. The number of ether oxygens (including phenoxy) is 1. The third-order valence-corrected chi connectivity index (χ3v) is 3.44. The largest absolute Gasteiger partial charge is 0.467 e. The Labute approximate surface area is 134 Å². The van der Waals surface area contributed by atoms with Gasteiger partial charge in [-0.15, -0.1) is 0 Å². The van der Waals surface area contributed by atoms with Crippen molar-refractivity contribution in [2.45, 2.75) is 13.8 Å². The van der Waals surface area contributed by atoms with Crippen LogP contribution in [0.1, 0.15) is 11.4 Å². The van der Waals surface area contributed by atoms with Crippen LogP contribution in [0.25, 0.3) is 10.9 Å². The van der Waals surface area contributed by atoms with Gasteiger partial charge in [0.15, 0.2) is 6.61 Å². The van der Waals surface area contributed by atoms with E-state index in [0.717, 1.165) is 22.2 Å². The van der Waals surface area contributed by atoms with Crippen molar-refractivity contribution >= 4 is 22.5 Å². The van der Waals surface area contributed by atoms with E-state index in [1.807, 2.05) is 55.5 Å². The predicted octanol–water partition coefficient (Wildman–Crippen LogP) is 3.26. The molecule has 5 heteroatoms. The van der Waals surface area contributed by atoms with Crippen LogP contribution in [0.4, 0.5) is 5.69 Å². The third-order valence-electron chi connectivity index (χ3n) is 3.44. The number of amides is 1. The van der Waals surface area contributed by atoms with E-state index in [4.69, 9.17) is 4.74 Å². The van der Waals surface area contributed by atoms with Crippen LogP contribution < -0.4 is 10.1 Å². The van der Waals surface area contributed by atoms with Crippen LogP contribution in [0, 0.1) is 13.8 Å². The average molecular weight is 307 g/mol. The molecule has 0 saturated carbocycles. The van der Waals surface area contributed by atoms with E-state index in [9.17, 15) is 4.79 Å². The first-order chi connectivity index (χ1) is 11.1. The molecule has 0 atom stereocenters. The molecule has 3 rings (SSSR count). The normalized spacial score (nSPS) is 10.5. The Kier molecular flexibility index (Phi) is 4.19. The van der Waals surface area contributed by atoms with Crippen molar-refractivity contribution in [2.24, 2.45) is 0 Å². The monoisotopic (exact) mass is 307 g/mol. The van der Waals surface area contributed by atoms with Gasteiger partial charge in [0.25, 0.3) is 5.91 Å². The van der Waals surface area contributed by atoms with Gasteiger partial charge in [0.2, 0.25) is 5.88 Å². The van der Waals surface area contributed by atoms with Crippen LogP contribution in [-0.2, 0) is 4.79 Å². The minimum atomic E-state index is -0.223. The molecule has 3 aromatic rings. The summed E-state index contributed by atoms with van der Waals surface area (Å²) in [6.07, 6.45) is 0. The van der Waals surface area contributed by atoms with Gasteiger partial charge in [-0.3, -0.25) is 4.79 Å². The Morgan fingerprint density at radius 2 is 1.78 bits per heavy atom. The number of benzene rings is 2. The van der Waals surface area contributed by atoms with Crippen molar-refractivity contribution in [1.29, 1.82) is 0 Å². The van der Waals surface area contributed by atoms with Gasteiger partial charge in [-0.1, -0.05) is 30.3 Å². The summed E-state index contributed by atoms with van der Waals surface area (Å²) in [5.41, 5.74) is 2.59. The molecule has 0 fully saturated rings. The van der Waals surface area contributed by atoms with Crippen molar-refractivity contribution < 1.29 is 9.53 Å². The second-order valence-corrected chi connectivity index (χ2v) is 5.24. The number of carbonyl (C=O) groups excluding carboxylic acids is 1. The molecule has 1 amide bonds. The molecular weight excluding hydrogens is 290 g/mol. The molecule has 1 heterocycles. The summed E-state index contributed by atoms with van der Waals surface area (Å²) in [5.74, 6) is 0.811. The highest BCUT2D eigenvalue weighted by Crippen LogP contribution is 2.22. The van der Waals surface area contributed by atoms with E-state index in [1.54, 1.807) is 6.92 Å². The summed E-state index contributed by atoms with van der Waals surface area (Å²) in [6, 6.07) is 15.2. The zero-order valence-electron chi connectivity index (χ0n) is 13.0. The Balaban J connectivity index is 1.73. The highest BCUT2D eigenvalue weighted by molar-refractivity contribution is 5.93. The second-order valence-electron chi connectivity index (χ2n) is 5.24. The van der Waals surface area contributed by atoms with E-state index in [2.05, 4.69) is 15.3 Å². The lowest BCUT2D eigenvalue weighted by Gasteiger charge is -2.10. The molecule has 0 radical (unpaired) electrons. The van der Waals surface area contributed by atoms with Gasteiger partial charge >= 0.3 is 0 Å². The summed E-state index contributed by atoms with van der Waals surface area (Å²) in [4.78, 5) is 20.7. The van der Waals surface area contributed by atoms with Crippen LogP contribution in [0.5, 0.6) is 5.88 Å². The summed E-state index contributed by atoms with van der Waals surface area (Å²) >= 11 is 0. The number of carbonyl (C=O) groups is 1. The molecule has 0 saturated heterocycles. The number of anilines is 1. The van der Waals surface area contributed by atoms with E-state index < -0.39 is 0 Å². The fraction of sp³-hybridized carbons (Fsp3) is 0.167. The smallest absolute Gasteiger partial charge is 0.262 e. The lowest BCUT2D eigenvalue weighted by molar-refractivity contribution is -0.118. The van der Waals surface area contributed by atoms with E-state index >= 15 is 0 Å². The topological polar surface area (TPSA) is 64.1 Å². The SMILES string of the molecule is Cc1nc(OCC(=O)Nc2ccccc2C)c2ccccc2n1. The standard InChI is InChI=1S/C18H17N3O2/c1-12-7-3-5-9-15(12)21-17(22)11-23-18-14-8-4-6-10-16(14)19-13(2)20-18/h3-10H,11H2,1-2H3,(H,21,22). The van der Waals surface area contributed by atoms with Crippen molar-refractivity contribution in [3.63, 3.8) is 0 Å². The number of hydrogen-bond acceptors (Lipinski definition) is 4. The lowest BCUT2D eigenvalue weighted by Crippen LogP contribution is -2.21. The van der Waals surface area contributed by atoms with E-state index in [1.165, 1.54) is 0 Å². The number of para-hydroxylation sites is 2. The molecule has 5 nitrogen and oxygen atoms in total. The fourth-order valence-electron chi connectivity index (χ4n) is 2.30. The fourth-order valence-corrected chi connectivity index (χ4v) is 2.30. The highest BCUT2D eigenvalue weighted by atomic mass is 16.5. The first kappa shape index (κ1) is 15.0. The molecule has 0 aliphatic carbocycles. The first-order valence-electron chi connectivity index (χ1n) is 7.35. The molecule has 1 N–H and O–H groups in total. The maximum absolute atomic E-state index is 12.1. The summed E-state index contributed by atoms with van der Waals surface area (Å²) in [5, 5.41) is 3.63. The summed E-state index contributed by atoms with van der Waals surface area (Å²) in [6.45, 7) is 3.64. The van der Waals surface area contributed by atoms with Crippen LogP contribution in [0.3, 0.4) is 0 Å². The zero-order chi connectivity index (χ0) is 16.2. The maximum atomic E-state index is 12.1. The Morgan fingerprint density at radius 1 is 1.04 bits per heavy atom. The van der Waals surface area contributed by atoms with Crippen LogP contribution in [-0.4, -0.2) is 22.5 Å². The number of nitrogens with one attached hydrogen (secondary N) is 1. The van der Waals surface area contributed by atoms with Crippen molar-refractivity contribution in [1.82, 2.24) is 9.97 Å². The Hall–Kier alpha value is -2.95. The molecular formula is C18H17N3O2. The molecule has 23 heavy (non-hydrogen) atoms.